The van der Waals surface area contributed by atoms with Crippen LogP contribution in [0.5, 0.6) is 0 Å². The first kappa shape index (κ1) is 10.1. The summed E-state index contributed by atoms with van der Waals surface area (Å²) in [4.78, 5) is 15.6. The Morgan fingerprint density at radius 3 is 2.72 bits per heavy atom. The molecule has 0 unspecified atom stereocenters. The van der Waals surface area contributed by atoms with E-state index < -0.39 is 0 Å². The number of aromatic amines is 1. The molecule has 6 heteroatoms. The van der Waals surface area contributed by atoms with Crippen LogP contribution in [0.25, 0.3) is 5.65 Å². The maximum atomic E-state index is 11.3. The highest BCUT2D eigenvalue weighted by Gasteiger charge is 2.41. The van der Waals surface area contributed by atoms with Gasteiger partial charge in [0.05, 0.1) is 0 Å². The van der Waals surface area contributed by atoms with Crippen LogP contribution in [0.4, 0.5) is 5.82 Å². The summed E-state index contributed by atoms with van der Waals surface area (Å²) in [7, 11) is 0. The van der Waals surface area contributed by atoms with E-state index in [1.54, 1.807) is 0 Å². The van der Waals surface area contributed by atoms with E-state index in [1.807, 2.05) is 6.07 Å². The molecule has 2 aromatic rings. The van der Waals surface area contributed by atoms with Gasteiger partial charge in [-0.25, -0.2) is 19.3 Å². The van der Waals surface area contributed by atoms with Crippen molar-refractivity contribution < 1.29 is 0 Å². The minimum Gasteiger partial charge on any atom is -0.367 e. The lowest BCUT2D eigenvalue weighted by molar-refractivity contribution is 0.565. The summed E-state index contributed by atoms with van der Waals surface area (Å²) in [5.41, 5.74) is 0.368. The molecule has 0 saturated heterocycles. The zero-order valence-corrected chi connectivity index (χ0v) is 9.97. The number of hydrogen-bond donors (Lipinski definition) is 2. The first-order valence-corrected chi connectivity index (χ1v) is 6.50. The summed E-state index contributed by atoms with van der Waals surface area (Å²) in [5.74, 6) is 2.46. The van der Waals surface area contributed by atoms with Crippen molar-refractivity contribution in [2.45, 2.75) is 31.7 Å². The molecule has 18 heavy (non-hydrogen) atoms. The number of nitrogens with zero attached hydrogens (tertiary/aromatic N) is 3. The van der Waals surface area contributed by atoms with Crippen LogP contribution in [-0.4, -0.2) is 25.6 Å². The highest BCUT2D eigenvalue weighted by Crippen LogP contribution is 2.45. The van der Waals surface area contributed by atoms with Crippen molar-refractivity contribution in [2.75, 3.05) is 5.32 Å². The minimum absolute atomic E-state index is 0.245. The van der Waals surface area contributed by atoms with E-state index in [9.17, 15) is 4.79 Å². The largest absolute Gasteiger partial charge is 0.367 e. The van der Waals surface area contributed by atoms with Crippen molar-refractivity contribution in [1.29, 1.82) is 0 Å². The first-order chi connectivity index (χ1) is 8.81. The van der Waals surface area contributed by atoms with Crippen LogP contribution in [0, 0.1) is 11.8 Å². The van der Waals surface area contributed by atoms with Crippen LogP contribution in [0.15, 0.2) is 17.2 Å². The zero-order chi connectivity index (χ0) is 12.1. The molecule has 2 saturated carbocycles. The zero-order valence-electron chi connectivity index (χ0n) is 9.97. The van der Waals surface area contributed by atoms with Gasteiger partial charge in [0.1, 0.15) is 12.1 Å². The summed E-state index contributed by atoms with van der Waals surface area (Å²) in [5, 5.41) is 9.89. The van der Waals surface area contributed by atoms with Crippen molar-refractivity contribution >= 4 is 11.5 Å². The number of hydrogen-bond acceptors (Lipinski definition) is 4. The smallest absolute Gasteiger partial charge is 0.348 e. The van der Waals surface area contributed by atoms with Crippen LogP contribution in [0.3, 0.4) is 0 Å². The number of aromatic nitrogens is 4. The number of rotatable bonds is 4. The van der Waals surface area contributed by atoms with E-state index in [1.165, 1.54) is 36.4 Å². The molecule has 2 fully saturated rings. The van der Waals surface area contributed by atoms with Crippen molar-refractivity contribution in [3.63, 3.8) is 0 Å². The van der Waals surface area contributed by atoms with Crippen molar-refractivity contribution in [3.8, 4) is 0 Å². The molecular formula is C12H15N5O. The predicted molar refractivity (Wildman–Crippen MR) is 66.5 cm³/mol. The van der Waals surface area contributed by atoms with E-state index in [-0.39, 0.29) is 5.69 Å². The molecule has 0 atom stereocenters. The molecule has 4 rings (SSSR count). The Morgan fingerprint density at radius 1 is 1.33 bits per heavy atom. The summed E-state index contributed by atoms with van der Waals surface area (Å²) in [6.07, 6.45) is 6.85. The van der Waals surface area contributed by atoms with Crippen LogP contribution < -0.4 is 11.0 Å². The third-order valence-corrected chi connectivity index (χ3v) is 3.88. The van der Waals surface area contributed by atoms with Gasteiger partial charge < -0.3 is 5.32 Å². The molecule has 2 N–H and O–H groups in total. The van der Waals surface area contributed by atoms with E-state index in [0.717, 1.165) is 17.7 Å². The Morgan fingerprint density at radius 2 is 2.06 bits per heavy atom. The molecule has 0 bridgehead atoms. The Balaban J connectivity index is 1.63. The SMILES string of the molecule is O=c1[nH]nc2cc(NC(C3CC3)C3CC3)ncn12. The Bertz CT molecular complexity index is 625. The van der Waals surface area contributed by atoms with Gasteiger partial charge in [0.2, 0.25) is 0 Å². The number of fused-ring (bicyclic) bond motifs is 1. The van der Waals surface area contributed by atoms with Gasteiger partial charge in [-0.05, 0) is 37.5 Å². The minimum atomic E-state index is -0.245. The average Bonchev–Trinajstić information content (AvgIpc) is 3.26. The second-order valence-corrected chi connectivity index (χ2v) is 5.38. The fraction of sp³-hybridized carbons (Fsp3) is 0.583. The van der Waals surface area contributed by atoms with E-state index in [4.69, 9.17) is 0 Å². The number of anilines is 1. The molecule has 0 spiro atoms. The van der Waals surface area contributed by atoms with Gasteiger partial charge in [-0.15, -0.1) is 0 Å². The lowest BCUT2D eigenvalue weighted by atomic mass is 10.1. The maximum Gasteiger partial charge on any atom is 0.348 e. The van der Waals surface area contributed by atoms with Crippen LogP contribution in [-0.2, 0) is 0 Å². The molecule has 2 aromatic heterocycles. The highest BCUT2D eigenvalue weighted by molar-refractivity contribution is 5.49. The summed E-state index contributed by atoms with van der Waals surface area (Å²) >= 11 is 0. The van der Waals surface area contributed by atoms with Gasteiger partial charge in [-0.2, -0.15) is 5.10 Å². The maximum absolute atomic E-state index is 11.3. The summed E-state index contributed by atoms with van der Waals surface area (Å²) in [6.45, 7) is 0. The number of nitrogens with one attached hydrogen (secondary N) is 2. The van der Waals surface area contributed by atoms with Gasteiger partial charge in [-0.1, -0.05) is 0 Å². The molecule has 2 aliphatic rings. The highest BCUT2D eigenvalue weighted by atomic mass is 16.1. The lowest BCUT2D eigenvalue weighted by Gasteiger charge is -2.17. The molecule has 2 aliphatic carbocycles. The molecule has 0 aliphatic heterocycles. The van der Waals surface area contributed by atoms with Gasteiger partial charge in [0.25, 0.3) is 0 Å². The van der Waals surface area contributed by atoms with Crippen LogP contribution in [0.2, 0.25) is 0 Å². The van der Waals surface area contributed by atoms with Crippen molar-refractivity contribution in [1.82, 2.24) is 19.6 Å². The topological polar surface area (TPSA) is 75.1 Å². The first-order valence-electron chi connectivity index (χ1n) is 6.50. The standard InChI is InChI=1S/C12H15N5O/c18-12-16-15-10-5-9(13-6-17(10)12)14-11(7-1-2-7)8-3-4-8/h5-8,11,14H,1-4H2,(H,16,18). The van der Waals surface area contributed by atoms with E-state index in [2.05, 4.69) is 20.5 Å². The molecule has 0 radical (unpaired) electrons. The Hall–Kier alpha value is -1.85. The molecular weight excluding hydrogens is 230 g/mol. The van der Waals surface area contributed by atoms with E-state index in [0.29, 0.717) is 11.7 Å². The lowest BCUT2D eigenvalue weighted by Crippen LogP contribution is -2.25. The van der Waals surface area contributed by atoms with Gasteiger partial charge in [0, 0.05) is 12.1 Å². The molecule has 6 nitrogen and oxygen atoms in total. The van der Waals surface area contributed by atoms with Gasteiger partial charge in [-0.3, -0.25) is 0 Å². The van der Waals surface area contributed by atoms with E-state index >= 15 is 0 Å². The fourth-order valence-electron chi connectivity index (χ4n) is 2.59. The monoisotopic (exact) mass is 245 g/mol. The molecule has 94 valence electrons. The van der Waals surface area contributed by atoms with Crippen LogP contribution >= 0.6 is 0 Å². The molecule has 2 heterocycles. The molecule has 0 amide bonds. The fourth-order valence-corrected chi connectivity index (χ4v) is 2.59. The third-order valence-electron chi connectivity index (χ3n) is 3.88. The normalized spacial score (nSPS) is 19.6. The Kier molecular flexibility index (Phi) is 2.00. The second-order valence-electron chi connectivity index (χ2n) is 5.38. The Labute approximate surface area is 103 Å². The predicted octanol–water partition coefficient (Wildman–Crippen LogP) is 1.02. The number of H-pyrrole nitrogens is 1. The quantitative estimate of drug-likeness (QED) is 0.843. The van der Waals surface area contributed by atoms with Crippen molar-refractivity contribution in [3.05, 3.63) is 22.9 Å². The molecule has 0 aromatic carbocycles. The van der Waals surface area contributed by atoms with Crippen molar-refractivity contribution in [2.24, 2.45) is 11.8 Å². The summed E-state index contributed by atoms with van der Waals surface area (Å²) < 4.78 is 1.41. The third kappa shape index (κ3) is 1.68. The van der Waals surface area contributed by atoms with Crippen LogP contribution in [0.1, 0.15) is 25.7 Å². The second kappa shape index (κ2) is 3.57. The van der Waals surface area contributed by atoms with Gasteiger partial charge in [0.15, 0.2) is 5.65 Å². The summed E-state index contributed by atoms with van der Waals surface area (Å²) in [6, 6.07) is 2.39. The average molecular weight is 245 g/mol. The van der Waals surface area contributed by atoms with Gasteiger partial charge >= 0.3 is 5.69 Å².